The van der Waals surface area contributed by atoms with Crippen LogP contribution >= 0.6 is 11.8 Å². The first kappa shape index (κ1) is 14.5. The first-order chi connectivity index (χ1) is 9.88. The summed E-state index contributed by atoms with van der Waals surface area (Å²) in [4.78, 5) is 0. The molecule has 0 aliphatic heterocycles. The average Bonchev–Trinajstić information content (AvgIpc) is 2.71. The number of hydrogen-bond donors (Lipinski definition) is 1. The summed E-state index contributed by atoms with van der Waals surface area (Å²) in [6.07, 6.45) is 13.2. The molecule has 3 rings (SSSR count). The summed E-state index contributed by atoms with van der Waals surface area (Å²) in [6, 6.07) is 10.4. The van der Waals surface area contributed by atoms with Gasteiger partial charge in [-0.05, 0) is 49.5 Å². The van der Waals surface area contributed by atoms with E-state index >= 15 is 0 Å². The highest BCUT2D eigenvalue weighted by Crippen LogP contribution is 2.33. The van der Waals surface area contributed by atoms with Gasteiger partial charge in [0, 0.05) is 17.3 Å². The van der Waals surface area contributed by atoms with Crippen molar-refractivity contribution in [2.45, 2.75) is 68.7 Å². The van der Waals surface area contributed by atoms with E-state index in [0.717, 1.165) is 11.3 Å². The summed E-state index contributed by atoms with van der Waals surface area (Å²) in [5.74, 6) is 0. The van der Waals surface area contributed by atoms with Crippen LogP contribution in [-0.2, 0) is 6.42 Å². The standard InChI is InChI=1S/C18H27NS/c1-20-18-13-7-6-12-17(18)19-16-11-5-3-9-14-8-2-4-10-15(14)16/h2,4,8,10,16-19H,3,5-7,9,11-13H2,1H3. The van der Waals surface area contributed by atoms with Crippen LogP contribution in [0.1, 0.15) is 62.1 Å². The summed E-state index contributed by atoms with van der Waals surface area (Å²) in [6.45, 7) is 0. The van der Waals surface area contributed by atoms with E-state index in [4.69, 9.17) is 0 Å². The zero-order chi connectivity index (χ0) is 13.8. The van der Waals surface area contributed by atoms with Crippen LogP contribution < -0.4 is 5.32 Å². The second-order valence-electron chi connectivity index (χ2n) is 6.33. The van der Waals surface area contributed by atoms with Crippen molar-refractivity contribution in [1.29, 1.82) is 0 Å². The highest BCUT2D eigenvalue weighted by molar-refractivity contribution is 7.99. The molecule has 2 aliphatic carbocycles. The van der Waals surface area contributed by atoms with Gasteiger partial charge in [-0.15, -0.1) is 0 Å². The number of hydrogen-bond acceptors (Lipinski definition) is 2. The molecule has 0 heterocycles. The van der Waals surface area contributed by atoms with Gasteiger partial charge in [-0.25, -0.2) is 0 Å². The lowest BCUT2D eigenvalue weighted by Gasteiger charge is -2.34. The summed E-state index contributed by atoms with van der Waals surface area (Å²) in [5.41, 5.74) is 3.16. The Morgan fingerprint density at radius 2 is 1.80 bits per heavy atom. The van der Waals surface area contributed by atoms with Crippen molar-refractivity contribution in [3.05, 3.63) is 35.4 Å². The van der Waals surface area contributed by atoms with Crippen LogP contribution in [0.4, 0.5) is 0 Å². The summed E-state index contributed by atoms with van der Waals surface area (Å²) < 4.78 is 0. The van der Waals surface area contributed by atoms with E-state index in [0.29, 0.717) is 6.04 Å². The van der Waals surface area contributed by atoms with Crippen molar-refractivity contribution in [3.63, 3.8) is 0 Å². The molecule has 1 N–H and O–H groups in total. The van der Waals surface area contributed by atoms with E-state index < -0.39 is 0 Å². The molecule has 1 aromatic carbocycles. The molecule has 0 radical (unpaired) electrons. The van der Waals surface area contributed by atoms with E-state index in [1.54, 1.807) is 11.1 Å². The molecule has 1 nitrogen and oxygen atoms in total. The van der Waals surface area contributed by atoms with Crippen LogP contribution in [-0.4, -0.2) is 17.5 Å². The Labute approximate surface area is 127 Å². The predicted octanol–water partition coefficient (Wildman–Crippen LogP) is 4.72. The van der Waals surface area contributed by atoms with Crippen LogP contribution in [0.15, 0.2) is 24.3 Å². The van der Waals surface area contributed by atoms with Crippen LogP contribution in [0, 0.1) is 0 Å². The van der Waals surface area contributed by atoms with Crippen molar-refractivity contribution in [2.24, 2.45) is 0 Å². The molecular weight excluding hydrogens is 262 g/mol. The van der Waals surface area contributed by atoms with E-state index in [9.17, 15) is 0 Å². The van der Waals surface area contributed by atoms with Crippen LogP contribution in [0.2, 0.25) is 0 Å². The summed E-state index contributed by atoms with van der Waals surface area (Å²) in [5, 5.41) is 4.85. The molecule has 1 aromatic rings. The maximum Gasteiger partial charge on any atom is 0.0325 e. The van der Waals surface area contributed by atoms with E-state index in [2.05, 4.69) is 47.6 Å². The van der Waals surface area contributed by atoms with Gasteiger partial charge >= 0.3 is 0 Å². The minimum absolute atomic E-state index is 0.589. The Morgan fingerprint density at radius 3 is 2.70 bits per heavy atom. The minimum Gasteiger partial charge on any atom is -0.306 e. The first-order valence-corrected chi connectivity index (χ1v) is 9.54. The third-order valence-electron chi connectivity index (χ3n) is 5.04. The fourth-order valence-electron chi connectivity index (χ4n) is 3.92. The highest BCUT2D eigenvalue weighted by atomic mass is 32.2. The molecule has 0 spiro atoms. The van der Waals surface area contributed by atoms with E-state index in [1.807, 2.05) is 0 Å². The Balaban J connectivity index is 1.76. The first-order valence-electron chi connectivity index (χ1n) is 8.25. The largest absolute Gasteiger partial charge is 0.306 e. The lowest BCUT2D eigenvalue weighted by atomic mass is 9.92. The Bertz CT molecular complexity index is 431. The molecule has 2 heteroatoms. The molecule has 3 atom stereocenters. The topological polar surface area (TPSA) is 12.0 Å². The molecular formula is C18H27NS. The van der Waals surface area contributed by atoms with Gasteiger partial charge in [0.05, 0.1) is 0 Å². The van der Waals surface area contributed by atoms with Gasteiger partial charge in [0.25, 0.3) is 0 Å². The normalized spacial score (nSPS) is 30.6. The third kappa shape index (κ3) is 3.23. The quantitative estimate of drug-likeness (QED) is 0.808. The number of rotatable bonds is 3. The van der Waals surface area contributed by atoms with Crippen LogP contribution in [0.25, 0.3) is 0 Å². The zero-order valence-electron chi connectivity index (χ0n) is 12.6. The van der Waals surface area contributed by atoms with Crippen molar-refractivity contribution < 1.29 is 0 Å². The van der Waals surface area contributed by atoms with E-state index in [-0.39, 0.29) is 0 Å². The zero-order valence-corrected chi connectivity index (χ0v) is 13.4. The fourth-order valence-corrected chi connectivity index (χ4v) is 4.87. The number of nitrogens with one attached hydrogen (secondary N) is 1. The molecule has 110 valence electrons. The maximum atomic E-state index is 4.03. The van der Waals surface area contributed by atoms with Crippen molar-refractivity contribution >= 4 is 11.8 Å². The Kier molecular flexibility index (Phi) is 5.06. The second-order valence-corrected chi connectivity index (χ2v) is 7.41. The summed E-state index contributed by atoms with van der Waals surface area (Å²) in [7, 11) is 0. The molecule has 0 saturated heterocycles. The van der Waals surface area contributed by atoms with Crippen LogP contribution in [0.3, 0.4) is 0 Å². The van der Waals surface area contributed by atoms with Gasteiger partial charge in [0.1, 0.15) is 0 Å². The molecule has 0 amide bonds. The van der Waals surface area contributed by atoms with Gasteiger partial charge < -0.3 is 5.32 Å². The summed E-state index contributed by atoms with van der Waals surface area (Å²) >= 11 is 2.07. The lowest BCUT2D eigenvalue weighted by molar-refractivity contribution is 0.337. The van der Waals surface area contributed by atoms with Gasteiger partial charge in [-0.2, -0.15) is 11.8 Å². The molecule has 0 aromatic heterocycles. The average molecular weight is 289 g/mol. The second kappa shape index (κ2) is 7.00. The smallest absolute Gasteiger partial charge is 0.0325 e. The van der Waals surface area contributed by atoms with Crippen molar-refractivity contribution in [3.8, 4) is 0 Å². The van der Waals surface area contributed by atoms with E-state index in [1.165, 1.54) is 51.4 Å². The predicted molar refractivity (Wildman–Crippen MR) is 89.4 cm³/mol. The number of thioether (sulfide) groups is 1. The van der Waals surface area contributed by atoms with Gasteiger partial charge in [0.15, 0.2) is 0 Å². The Morgan fingerprint density at radius 1 is 1.00 bits per heavy atom. The molecule has 0 bridgehead atoms. The SMILES string of the molecule is CSC1CCCCC1NC1CCCCc2ccccc21. The number of benzene rings is 1. The van der Waals surface area contributed by atoms with Crippen molar-refractivity contribution in [1.82, 2.24) is 5.32 Å². The van der Waals surface area contributed by atoms with Gasteiger partial charge in [-0.3, -0.25) is 0 Å². The van der Waals surface area contributed by atoms with Crippen molar-refractivity contribution in [2.75, 3.05) is 6.26 Å². The fraction of sp³-hybridized carbons (Fsp3) is 0.667. The maximum absolute atomic E-state index is 4.03. The highest BCUT2D eigenvalue weighted by Gasteiger charge is 2.28. The monoisotopic (exact) mass is 289 g/mol. The number of aryl methyl sites for hydroxylation is 1. The molecule has 1 fully saturated rings. The molecule has 20 heavy (non-hydrogen) atoms. The molecule has 3 unspecified atom stereocenters. The van der Waals surface area contributed by atoms with Gasteiger partial charge in [0.2, 0.25) is 0 Å². The van der Waals surface area contributed by atoms with Gasteiger partial charge in [-0.1, -0.05) is 43.5 Å². The lowest BCUT2D eigenvalue weighted by Crippen LogP contribution is -2.42. The Hall–Kier alpha value is -0.470. The molecule has 2 aliphatic rings. The third-order valence-corrected chi connectivity index (χ3v) is 6.21. The number of fused-ring (bicyclic) bond motifs is 1. The minimum atomic E-state index is 0.589. The molecule has 1 saturated carbocycles. The van der Waals surface area contributed by atoms with Crippen LogP contribution in [0.5, 0.6) is 0 Å².